The Morgan fingerprint density at radius 3 is 2.41 bits per heavy atom. The topological polar surface area (TPSA) is 16.1 Å². The second-order valence-corrected chi connectivity index (χ2v) is 8.18. The van der Waals surface area contributed by atoms with Gasteiger partial charge in [-0.2, -0.15) is 0 Å². The summed E-state index contributed by atoms with van der Waals surface area (Å²) in [6.45, 7) is 10.2. The largest absolute Gasteiger partial charge is 0.299 e. The van der Waals surface area contributed by atoms with E-state index in [4.69, 9.17) is 11.6 Å². The number of likely N-dealkylation sites (tertiary alicyclic amines) is 1. The fourth-order valence-corrected chi connectivity index (χ4v) is 3.57. The van der Waals surface area contributed by atoms with Crippen molar-refractivity contribution >= 4 is 22.4 Å². The van der Waals surface area contributed by atoms with E-state index in [1.807, 2.05) is 25.3 Å². The number of nitrogens with zero attached hydrogens (tertiary/aromatic N) is 2. The Morgan fingerprint density at radius 2 is 1.70 bits per heavy atom. The lowest BCUT2D eigenvalue weighted by Crippen LogP contribution is -2.32. The summed E-state index contributed by atoms with van der Waals surface area (Å²) >= 11 is 5.96. The van der Waals surface area contributed by atoms with Crippen molar-refractivity contribution in [2.45, 2.75) is 40.2 Å². The number of hydrogen-bond donors (Lipinski definition) is 0. The van der Waals surface area contributed by atoms with Crippen LogP contribution in [0.3, 0.4) is 0 Å². The van der Waals surface area contributed by atoms with Gasteiger partial charge in [-0.1, -0.05) is 48.4 Å². The molecule has 3 heteroatoms. The minimum atomic E-state index is 0.801. The number of halogens is 1. The van der Waals surface area contributed by atoms with E-state index in [1.165, 1.54) is 42.4 Å². The zero-order valence-corrected chi connectivity index (χ0v) is 17.3. The van der Waals surface area contributed by atoms with Crippen LogP contribution in [0.4, 0.5) is 0 Å². The highest BCUT2D eigenvalue weighted by Gasteiger charge is 2.15. The summed E-state index contributed by atoms with van der Waals surface area (Å²) in [5.41, 5.74) is 3.91. The maximum absolute atomic E-state index is 5.96. The molecule has 4 rings (SSSR count). The van der Waals surface area contributed by atoms with Gasteiger partial charge in [0.1, 0.15) is 0 Å². The predicted molar refractivity (Wildman–Crippen MR) is 116 cm³/mol. The molecule has 0 saturated carbocycles. The molecule has 2 aromatic carbocycles. The van der Waals surface area contributed by atoms with Gasteiger partial charge in [0, 0.05) is 29.3 Å². The second-order valence-electron chi connectivity index (χ2n) is 7.77. The van der Waals surface area contributed by atoms with Gasteiger partial charge < -0.3 is 0 Å². The maximum atomic E-state index is 5.96. The Labute approximate surface area is 168 Å². The SMILES string of the molecule is Cc1cc2ccncc2cc1Cl.Cc1ccc(CN2CCC(C)CC2)cc1. The number of fused-ring (bicyclic) bond motifs is 1. The van der Waals surface area contributed by atoms with Gasteiger partial charge in [0.25, 0.3) is 0 Å². The Morgan fingerprint density at radius 1 is 1.00 bits per heavy atom. The lowest BCUT2D eigenvalue weighted by Gasteiger charge is -2.30. The molecular formula is C24H29ClN2. The molecule has 142 valence electrons. The molecular weight excluding hydrogens is 352 g/mol. The van der Waals surface area contributed by atoms with Gasteiger partial charge in [-0.25, -0.2) is 0 Å². The first-order valence-corrected chi connectivity index (χ1v) is 10.2. The van der Waals surface area contributed by atoms with Crippen LogP contribution in [0.25, 0.3) is 10.8 Å². The molecule has 3 aromatic rings. The minimum Gasteiger partial charge on any atom is -0.299 e. The quantitative estimate of drug-likeness (QED) is 0.509. The van der Waals surface area contributed by atoms with Gasteiger partial charge in [0.2, 0.25) is 0 Å². The summed E-state index contributed by atoms with van der Waals surface area (Å²) in [7, 11) is 0. The van der Waals surface area contributed by atoms with Crippen LogP contribution in [-0.2, 0) is 6.54 Å². The van der Waals surface area contributed by atoms with Crippen molar-refractivity contribution in [3.05, 3.63) is 76.6 Å². The fraction of sp³-hybridized carbons (Fsp3) is 0.375. The van der Waals surface area contributed by atoms with E-state index in [0.717, 1.165) is 28.4 Å². The molecule has 0 aliphatic carbocycles. The lowest BCUT2D eigenvalue weighted by atomic mass is 9.99. The summed E-state index contributed by atoms with van der Waals surface area (Å²) in [6.07, 6.45) is 6.34. The minimum absolute atomic E-state index is 0.801. The van der Waals surface area contributed by atoms with Crippen LogP contribution in [-0.4, -0.2) is 23.0 Å². The molecule has 1 fully saturated rings. The normalized spacial score (nSPS) is 15.4. The van der Waals surface area contributed by atoms with Gasteiger partial charge in [-0.3, -0.25) is 9.88 Å². The van der Waals surface area contributed by atoms with E-state index in [9.17, 15) is 0 Å². The molecule has 1 aliphatic rings. The van der Waals surface area contributed by atoms with Crippen LogP contribution in [0.15, 0.2) is 54.9 Å². The molecule has 0 atom stereocenters. The summed E-state index contributed by atoms with van der Waals surface area (Å²) in [4.78, 5) is 6.60. The molecule has 0 N–H and O–H groups in total. The van der Waals surface area contributed by atoms with Crippen molar-refractivity contribution in [2.24, 2.45) is 5.92 Å². The molecule has 27 heavy (non-hydrogen) atoms. The monoisotopic (exact) mass is 380 g/mol. The summed E-state index contributed by atoms with van der Waals surface area (Å²) < 4.78 is 0. The number of hydrogen-bond acceptors (Lipinski definition) is 2. The van der Waals surface area contributed by atoms with E-state index in [2.05, 4.69) is 54.1 Å². The third-order valence-electron chi connectivity index (χ3n) is 5.32. The number of aryl methyl sites for hydroxylation is 2. The Hall–Kier alpha value is -1.90. The average molecular weight is 381 g/mol. The van der Waals surface area contributed by atoms with Gasteiger partial charge in [0.05, 0.1) is 0 Å². The molecule has 0 radical (unpaired) electrons. The number of rotatable bonds is 2. The number of aromatic nitrogens is 1. The van der Waals surface area contributed by atoms with Gasteiger partial charge >= 0.3 is 0 Å². The molecule has 2 heterocycles. The third-order valence-corrected chi connectivity index (χ3v) is 5.73. The van der Waals surface area contributed by atoms with Crippen molar-refractivity contribution in [1.29, 1.82) is 0 Å². The molecule has 1 aromatic heterocycles. The molecule has 2 nitrogen and oxygen atoms in total. The molecule has 1 saturated heterocycles. The zero-order valence-electron chi connectivity index (χ0n) is 16.6. The van der Waals surface area contributed by atoms with Crippen LogP contribution in [0.5, 0.6) is 0 Å². The van der Waals surface area contributed by atoms with Crippen LogP contribution < -0.4 is 0 Å². The first kappa shape index (κ1) is 19.9. The Balaban J connectivity index is 0.000000159. The van der Waals surface area contributed by atoms with Crippen molar-refractivity contribution in [3.8, 4) is 0 Å². The number of pyridine rings is 1. The molecule has 0 amide bonds. The van der Waals surface area contributed by atoms with E-state index in [1.54, 1.807) is 6.20 Å². The molecule has 0 unspecified atom stereocenters. The van der Waals surface area contributed by atoms with Crippen molar-refractivity contribution < 1.29 is 0 Å². The third kappa shape index (κ3) is 5.79. The number of piperidine rings is 1. The summed E-state index contributed by atoms with van der Waals surface area (Å²) in [6, 6.07) is 14.9. The van der Waals surface area contributed by atoms with Crippen molar-refractivity contribution in [1.82, 2.24) is 9.88 Å². The highest BCUT2D eigenvalue weighted by atomic mass is 35.5. The molecule has 0 spiro atoms. The van der Waals surface area contributed by atoms with Gasteiger partial charge in [-0.05, 0) is 80.4 Å². The summed E-state index contributed by atoms with van der Waals surface area (Å²) in [5, 5.41) is 3.08. The van der Waals surface area contributed by atoms with Crippen LogP contribution in [0.1, 0.15) is 36.5 Å². The predicted octanol–water partition coefficient (Wildman–Crippen LogP) is 6.42. The van der Waals surface area contributed by atoms with Gasteiger partial charge in [-0.15, -0.1) is 0 Å². The smallest absolute Gasteiger partial charge is 0.0442 e. The van der Waals surface area contributed by atoms with Crippen molar-refractivity contribution in [3.63, 3.8) is 0 Å². The first-order valence-electron chi connectivity index (χ1n) is 9.79. The standard InChI is InChI=1S/C14H21N.C10H8ClN/c1-12-3-5-14(6-4-12)11-15-9-7-13(2)8-10-15;1-7-4-8-2-3-12-6-9(8)5-10(7)11/h3-6,13H,7-11H2,1-2H3;2-6H,1H3. The van der Waals surface area contributed by atoms with E-state index in [0.29, 0.717) is 0 Å². The Bertz CT molecular complexity index is 825. The average Bonchev–Trinajstić information content (AvgIpc) is 2.67. The maximum Gasteiger partial charge on any atom is 0.0442 e. The molecule has 1 aliphatic heterocycles. The van der Waals surface area contributed by atoms with Crippen LogP contribution in [0.2, 0.25) is 5.02 Å². The first-order chi connectivity index (χ1) is 13.0. The number of benzene rings is 2. The zero-order chi connectivity index (χ0) is 19.2. The highest BCUT2D eigenvalue weighted by molar-refractivity contribution is 6.32. The van der Waals surface area contributed by atoms with Crippen LogP contribution >= 0.6 is 11.6 Å². The second kappa shape index (κ2) is 9.34. The van der Waals surface area contributed by atoms with E-state index >= 15 is 0 Å². The van der Waals surface area contributed by atoms with E-state index in [-0.39, 0.29) is 0 Å². The fourth-order valence-electron chi connectivity index (χ4n) is 3.39. The van der Waals surface area contributed by atoms with E-state index < -0.39 is 0 Å². The van der Waals surface area contributed by atoms with Crippen LogP contribution in [0, 0.1) is 19.8 Å². The summed E-state index contributed by atoms with van der Waals surface area (Å²) in [5.74, 6) is 0.930. The Kier molecular flexibility index (Phi) is 6.87. The van der Waals surface area contributed by atoms with Crippen molar-refractivity contribution in [2.75, 3.05) is 13.1 Å². The molecule has 0 bridgehead atoms. The highest BCUT2D eigenvalue weighted by Crippen LogP contribution is 2.22. The lowest BCUT2D eigenvalue weighted by molar-refractivity contribution is 0.185. The van der Waals surface area contributed by atoms with Gasteiger partial charge in [0.15, 0.2) is 0 Å².